The molecule has 5 heteroatoms. The smallest absolute Gasteiger partial charge is 0.347 e. The highest BCUT2D eigenvalue weighted by Crippen LogP contribution is 1.77. The van der Waals surface area contributed by atoms with Crippen LogP contribution in [0, 0.1) is 0 Å². The van der Waals surface area contributed by atoms with Crippen molar-refractivity contribution in [3.8, 4) is 0 Å². The van der Waals surface area contributed by atoms with Gasteiger partial charge in [0.2, 0.25) is 0 Å². The minimum atomic E-state index is -0.815. The van der Waals surface area contributed by atoms with Crippen LogP contribution in [0.4, 0.5) is 4.79 Å². The summed E-state index contributed by atoms with van der Waals surface area (Å²) in [5, 5.41) is 7.98. The van der Waals surface area contributed by atoms with Gasteiger partial charge in [-0.25, -0.2) is 0 Å². The van der Waals surface area contributed by atoms with Gasteiger partial charge in [0.1, 0.15) is 0 Å². The van der Waals surface area contributed by atoms with E-state index in [4.69, 9.17) is 5.11 Å². The van der Waals surface area contributed by atoms with E-state index in [1.165, 1.54) is 6.92 Å². The van der Waals surface area contributed by atoms with Crippen LogP contribution in [0.5, 0.6) is 0 Å². The SMILES string of the molecule is CC(=O)[B]C(=O)OCO. The molecule has 0 aliphatic rings. The molecule has 0 aromatic heterocycles. The number of rotatable bonds is 3. The summed E-state index contributed by atoms with van der Waals surface area (Å²) in [5.74, 6) is -0.815. The minimum absolute atomic E-state index is 0.395. The number of carbonyl (C=O) groups excluding carboxylic acids is 2. The molecule has 0 atom stereocenters. The van der Waals surface area contributed by atoms with E-state index < -0.39 is 18.3 Å². The van der Waals surface area contributed by atoms with Crippen LogP contribution in [-0.4, -0.2) is 30.7 Å². The van der Waals surface area contributed by atoms with Crippen LogP contribution in [0.15, 0.2) is 0 Å². The fourth-order valence-corrected chi connectivity index (χ4v) is 0.271. The van der Waals surface area contributed by atoms with Crippen molar-refractivity contribution in [2.75, 3.05) is 6.79 Å². The molecule has 0 aliphatic heterocycles. The van der Waals surface area contributed by atoms with Crippen molar-refractivity contribution in [3.05, 3.63) is 0 Å². The van der Waals surface area contributed by atoms with Crippen molar-refractivity contribution < 1.29 is 19.4 Å². The lowest BCUT2D eigenvalue weighted by Gasteiger charge is -1.94. The summed E-state index contributed by atoms with van der Waals surface area (Å²) in [5.41, 5.74) is -0.395. The highest BCUT2D eigenvalue weighted by atomic mass is 16.6. The molecule has 0 aromatic rings. The third-order valence-corrected chi connectivity index (χ3v) is 0.528. The highest BCUT2D eigenvalue weighted by Gasteiger charge is 2.08. The van der Waals surface area contributed by atoms with E-state index in [-0.39, 0.29) is 0 Å². The van der Waals surface area contributed by atoms with Crippen LogP contribution >= 0.6 is 0 Å². The van der Waals surface area contributed by atoms with Gasteiger partial charge in [-0.2, -0.15) is 0 Å². The Labute approximate surface area is 53.1 Å². The van der Waals surface area contributed by atoms with Gasteiger partial charge in [0.15, 0.2) is 6.79 Å². The molecule has 1 radical (unpaired) electrons. The molecule has 0 saturated heterocycles. The average molecular weight is 129 g/mol. The van der Waals surface area contributed by atoms with Crippen molar-refractivity contribution in [2.24, 2.45) is 0 Å². The first-order chi connectivity index (χ1) is 4.16. The Hall–Kier alpha value is -0.835. The van der Waals surface area contributed by atoms with E-state index in [1.54, 1.807) is 0 Å². The molecule has 0 fully saturated rings. The first kappa shape index (κ1) is 8.16. The summed E-state index contributed by atoms with van der Waals surface area (Å²) in [4.78, 5) is 20.3. The largest absolute Gasteiger partial charge is 0.447 e. The third-order valence-electron chi connectivity index (χ3n) is 0.528. The number of hydrogen-bond donors (Lipinski definition) is 1. The molecule has 0 saturated carbocycles. The van der Waals surface area contributed by atoms with Gasteiger partial charge in [0.05, 0.1) is 5.68 Å². The normalized spacial score (nSPS) is 8.22. The second-order valence-corrected chi connectivity index (χ2v) is 1.35. The average Bonchev–Trinajstić information content (AvgIpc) is 1.63. The molecule has 0 bridgehead atoms. The molecule has 9 heavy (non-hydrogen) atoms. The van der Waals surface area contributed by atoms with Gasteiger partial charge in [0, 0.05) is 0 Å². The summed E-state index contributed by atoms with van der Waals surface area (Å²) in [6.45, 7) is 0.529. The zero-order chi connectivity index (χ0) is 7.28. The molecular formula is C4H6BO4. The molecule has 0 aliphatic carbocycles. The van der Waals surface area contributed by atoms with Crippen molar-refractivity contribution in [2.45, 2.75) is 6.92 Å². The molecule has 1 N–H and O–H groups in total. The topological polar surface area (TPSA) is 63.6 Å². The van der Waals surface area contributed by atoms with E-state index in [0.717, 1.165) is 7.28 Å². The molecule has 0 heterocycles. The Kier molecular flexibility index (Phi) is 3.71. The summed E-state index contributed by atoms with van der Waals surface area (Å²) < 4.78 is 3.99. The van der Waals surface area contributed by atoms with E-state index in [1.807, 2.05) is 0 Å². The molecular weight excluding hydrogens is 123 g/mol. The Morgan fingerprint density at radius 2 is 2.22 bits per heavy atom. The molecule has 4 nitrogen and oxygen atoms in total. The first-order valence-corrected chi connectivity index (χ1v) is 2.29. The zero-order valence-corrected chi connectivity index (χ0v) is 4.96. The maximum absolute atomic E-state index is 10.2. The predicted molar refractivity (Wildman–Crippen MR) is 30.0 cm³/mol. The Morgan fingerprint density at radius 1 is 1.67 bits per heavy atom. The van der Waals surface area contributed by atoms with Gasteiger partial charge in [0.25, 0.3) is 5.87 Å². The van der Waals surface area contributed by atoms with Crippen molar-refractivity contribution in [3.63, 3.8) is 0 Å². The van der Waals surface area contributed by atoms with Crippen LogP contribution in [-0.2, 0) is 9.53 Å². The van der Waals surface area contributed by atoms with Crippen molar-refractivity contribution in [1.29, 1.82) is 0 Å². The Bertz CT molecular complexity index is 122. The van der Waals surface area contributed by atoms with Crippen molar-refractivity contribution in [1.82, 2.24) is 0 Å². The molecule has 0 amide bonds. The van der Waals surface area contributed by atoms with Crippen LogP contribution in [0.25, 0.3) is 0 Å². The zero-order valence-electron chi connectivity index (χ0n) is 4.96. The number of ether oxygens (including phenoxy) is 1. The maximum Gasteiger partial charge on any atom is 0.347 e. The molecule has 0 unspecified atom stereocenters. The van der Waals surface area contributed by atoms with Gasteiger partial charge < -0.3 is 14.6 Å². The summed E-state index contributed by atoms with van der Waals surface area (Å²) in [6.07, 6.45) is 0. The molecule has 49 valence electrons. The van der Waals surface area contributed by atoms with Crippen LogP contribution < -0.4 is 0 Å². The van der Waals surface area contributed by atoms with Gasteiger partial charge in [-0.05, 0) is 6.92 Å². The highest BCUT2D eigenvalue weighted by molar-refractivity contribution is 6.95. The van der Waals surface area contributed by atoms with Gasteiger partial charge >= 0.3 is 7.28 Å². The van der Waals surface area contributed by atoms with Crippen LogP contribution in [0.1, 0.15) is 6.92 Å². The second kappa shape index (κ2) is 4.08. The number of aliphatic hydroxyl groups excluding tert-OH is 1. The Morgan fingerprint density at radius 3 is 2.56 bits per heavy atom. The standard InChI is InChI=1S/C4H6BO4/c1-3(7)5-4(8)9-2-6/h6H,2H2,1H3. The van der Waals surface area contributed by atoms with E-state index >= 15 is 0 Å². The Balaban J connectivity index is 3.39. The van der Waals surface area contributed by atoms with E-state index in [9.17, 15) is 9.59 Å². The van der Waals surface area contributed by atoms with Crippen molar-refractivity contribution >= 4 is 18.8 Å². The maximum atomic E-state index is 10.2. The lowest BCUT2D eigenvalue weighted by Crippen LogP contribution is -2.18. The minimum Gasteiger partial charge on any atom is -0.447 e. The molecule has 0 rings (SSSR count). The monoisotopic (exact) mass is 129 g/mol. The molecule has 0 spiro atoms. The molecule has 0 aromatic carbocycles. The summed E-state index contributed by atoms with van der Waals surface area (Å²) in [7, 11) is 0.760. The van der Waals surface area contributed by atoms with Gasteiger partial charge in [-0.3, -0.25) is 4.79 Å². The quantitative estimate of drug-likeness (QED) is 0.405. The number of aliphatic hydroxyl groups is 1. The fourth-order valence-electron chi connectivity index (χ4n) is 0.271. The predicted octanol–water partition coefficient (Wildman–Crippen LogP) is -0.677. The summed E-state index contributed by atoms with van der Waals surface area (Å²) >= 11 is 0. The second-order valence-electron chi connectivity index (χ2n) is 1.35. The van der Waals surface area contributed by atoms with Crippen LogP contribution in [0.2, 0.25) is 0 Å². The van der Waals surface area contributed by atoms with Gasteiger partial charge in [-0.1, -0.05) is 0 Å². The summed E-state index contributed by atoms with van der Waals surface area (Å²) in [6, 6.07) is 0. The fraction of sp³-hybridized carbons (Fsp3) is 0.500. The lowest BCUT2D eigenvalue weighted by molar-refractivity contribution is -0.110. The number of carbonyl (C=O) groups is 2. The van der Waals surface area contributed by atoms with E-state index in [0.29, 0.717) is 0 Å². The third kappa shape index (κ3) is 5.03. The number of hydrogen-bond acceptors (Lipinski definition) is 4. The lowest BCUT2D eigenvalue weighted by atomic mass is 9.74. The van der Waals surface area contributed by atoms with Gasteiger partial charge in [-0.15, -0.1) is 0 Å². The van der Waals surface area contributed by atoms with E-state index in [2.05, 4.69) is 4.74 Å². The first-order valence-electron chi connectivity index (χ1n) is 2.29. The van der Waals surface area contributed by atoms with Crippen LogP contribution in [0.3, 0.4) is 0 Å².